The first-order valence-corrected chi connectivity index (χ1v) is 7.64. The lowest BCUT2D eigenvalue weighted by atomic mass is 9.89. The van der Waals surface area contributed by atoms with Crippen molar-refractivity contribution in [3.8, 4) is 0 Å². The number of ether oxygens (including phenoxy) is 2. The van der Waals surface area contributed by atoms with E-state index in [2.05, 4.69) is 5.32 Å². The predicted octanol–water partition coefficient (Wildman–Crippen LogP) is 2.12. The van der Waals surface area contributed by atoms with Crippen molar-refractivity contribution in [2.75, 3.05) is 13.2 Å². The minimum Gasteiger partial charge on any atom is -0.373 e. The van der Waals surface area contributed by atoms with Gasteiger partial charge in [0.25, 0.3) is 5.91 Å². The van der Waals surface area contributed by atoms with E-state index in [9.17, 15) is 4.79 Å². The summed E-state index contributed by atoms with van der Waals surface area (Å²) in [4.78, 5) is 14.1. The SMILES string of the molecule is Cc1ccc(C(=O)N[C@@H]2CC[C@H]3OCCO[C@@H]3C2)s1. The van der Waals surface area contributed by atoms with Crippen LogP contribution in [0, 0.1) is 6.92 Å². The van der Waals surface area contributed by atoms with Gasteiger partial charge in [-0.3, -0.25) is 4.79 Å². The zero-order valence-corrected chi connectivity index (χ0v) is 11.9. The average molecular weight is 281 g/mol. The third-order valence-electron chi connectivity index (χ3n) is 3.78. The van der Waals surface area contributed by atoms with E-state index in [4.69, 9.17) is 9.47 Å². The fraction of sp³-hybridized carbons (Fsp3) is 0.643. The maximum absolute atomic E-state index is 12.1. The Hall–Kier alpha value is -0.910. The van der Waals surface area contributed by atoms with Crippen molar-refractivity contribution >= 4 is 17.2 Å². The number of amides is 1. The van der Waals surface area contributed by atoms with Gasteiger partial charge in [-0.05, 0) is 38.3 Å². The summed E-state index contributed by atoms with van der Waals surface area (Å²) in [5.74, 6) is 0.0401. The van der Waals surface area contributed by atoms with Gasteiger partial charge < -0.3 is 14.8 Å². The Morgan fingerprint density at radius 1 is 1.26 bits per heavy atom. The first kappa shape index (κ1) is 13.1. The van der Waals surface area contributed by atoms with Crippen molar-refractivity contribution in [1.82, 2.24) is 5.32 Å². The molecule has 1 saturated heterocycles. The van der Waals surface area contributed by atoms with Gasteiger partial charge in [-0.25, -0.2) is 0 Å². The van der Waals surface area contributed by atoms with Crippen LogP contribution in [-0.4, -0.2) is 37.4 Å². The quantitative estimate of drug-likeness (QED) is 0.903. The average Bonchev–Trinajstić information content (AvgIpc) is 2.85. The highest BCUT2D eigenvalue weighted by atomic mass is 32.1. The first-order valence-electron chi connectivity index (χ1n) is 6.83. The van der Waals surface area contributed by atoms with Gasteiger partial charge in [0.1, 0.15) is 0 Å². The van der Waals surface area contributed by atoms with Crippen LogP contribution in [0.3, 0.4) is 0 Å². The molecule has 104 valence electrons. The number of hydrogen-bond donors (Lipinski definition) is 1. The Morgan fingerprint density at radius 2 is 2.05 bits per heavy atom. The van der Waals surface area contributed by atoms with Crippen LogP contribution >= 0.6 is 11.3 Å². The normalized spacial score (nSPS) is 30.7. The Balaban J connectivity index is 1.57. The summed E-state index contributed by atoms with van der Waals surface area (Å²) in [6.07, 6.45) is 3.18. The lowest BCUT2D eigenvalue weighted by Crippen LogP contribution is -2.49. The lowest BCUT2D eigenvalue weighted by Gasteiger charge is -2.39. The third-order valence-corrected chi connectivity index (χ3v) is 4.78. The van der Waals surface area contributed by atoms with Crippen LogP contribution < -0.4 is 5.32 Å². The molecule has 0 radical (unpaired) electrons. The van der Waals surface area contributed by atoms with E-state index in [1.54, 1.807) is 0 Å². The number of hydrogen-bond acceptors (Lipinski definition) is 4. The van der Waals surface area contributed by atoms with Crippen molar-refractivity contribution in [2.24, 2.45) is 0 Å². The van der Waals surface area contributed by atoms with Gasteiger partial charge in [0.2, 0.25) is 0 Å². The molecule has 1 aromatic rings. The molecule has 3 rings (SSSR count). The standard InChI is InChI=1S/C14H19NO3S/c1-9-2-5-13(19-9)14(16)15-10-3-4-11-12(8-10)18-7-6-17-11/h2,5,10-12H,3-4,6-8H2,1H3,(H,15,16)/t10-,11-,12-/m1/s1. The van der Waals surface area contributed by atoms with E-state index >= 15 is 0 Å². The van der Waals surface area contributed by atoms with Crippen molar-refractivity contribution < 1.29 is 14.3 Å². The van der Waals surface area contributed by atoms with Crippen molar-refractivity contribution in [3.63, 3.8) is 0 Å². The number of nitrogens with one attached hydrogen (secondary N) is 1. The number of carbonyl (C=O) groups is 1. The molecule has 1 aliphatic carbocycles. The molecular weight excluding hydrogens is 262 g/mol. The van der Waals surface area contributed by atoms with Crippen LogP contribution in [0.25, 0.3) is 0 Å². The molecule has 0 spiro atoms. The third kappa shape index (κ3) is 2.99. The van der Waals surface area contributed by atoms with Crippen LogP contribution in [0.2, 0.25) is 0 Å². The second-order valence-corrected chi connectivity index (χ2v) is 6.50. The Bertz CT molecular complexity index is 459. The molecule has 3 atom stereocenters. The van der Waals surface area contributed by atoms with Gasteiger partial charge >= 0.3 is 0 Å². The molecule has 0 unspecified atom stereocenters. The van der Waals surface area contributed by atoms with E-state index in [-0.39, 0.29) is 24.2 Å². The van der Waals surface area contributed by atoms with E-state index in [1.165, 1.54) is 11.3 Å². The molecule has 2 heterocycles. The number of thiophene rings is 1. The predicted molar refractivity (Wildman–Crippen MR) is 73.6 cm³/mol. The Labute approximate surface area is 117 Å². The molecule has 4 nitrogen and oxygen atoms in total. The fourth-order valence-electron chi connectivity index (χ4n) is 2.81. The maximum Gasteiger partial charge on any atom is 0.261 e. The van der Waals surface area contributed by atoms with Crippen LogP contribution in [0.5, 0.6) is 0 Å². The van der Waals surface area contributed by atoms with Gasteiger partial charge in [-0.1, -0.05) is 0 Å². The second-order valence-electron chi connectivity index (χ2n) is 5.21. The van der Waals surface area contributed by atoms with Crippen LogP contribution in [0.15, 0.2) is 12.1 Å². The van der Waals surface area contributed by atoms with Crippen LogP contribution in [0.1, 0.15) is 33.8 Å². The Kier molecular flexibility index (Phi) is 3.86. The van der Waals surface area contributed by atoms with Gasteiger partial charge in [0.15, 0.2) is 0 Å². The maximum atomic E-state index is 12.1. The van der Waals surface area contributed by atoms with Gasteiger partial charge in [0.05, 0.1) is 30.3 Å². The van der Waals surface area contributed by atoms with E-state index < -0.39 is 0 Å². The highest BCUT2D eigenvalue weighted by Crippen LogP contribution is 2.27. The number of fused-ring (bicyclic) bond motifs is 1. The second kappa shape index (κ2) is 5.61. The summed E-state index contributed by atoms with van der Waals surface area (Å²) < 4.78 is 11.4. The van der Waals surface area contributed by atoms with Gasteiger partial charge in [0, 0.05) is 10.9 Å². The molecule has 1 N–H and O–H groups in total. The molecule has 5 heteroatoms. The summed E-state index contributed by atoms with van der Waals surface area (Å²) in [7, 11) is 0. The van der Waals surface area contributed by atoms with Gasteiger partial charge in [-0.2, -0.15) is 0 Å². The van der Waals surface area contributed by atoms with Gasteiger partial charge in [-0.15, -0.1) is 11.3 Å². The summed E-state index contributed by atoms with van der Waals surface area (Å²) in [6, 6.07) is 4.08. The zero-order valence-electron chi connectivity index (χ0n) is 11.1. The van der Waals surface area contributed by atoms with E-state index in [0.29, 0.717) is 13.2 Å². The fourth-order valence-corrected chi connectivity index (χ4v) is 3.58. The summed E-state index contributed by atoms with van der Waals surface area (Å²) >= 11 is 1.54. The smallest absolute Gasteiger partial charge is 0.261 e. The van der Waals surface area contributed by atoms with Crippen molar-refractivity contribution in [3.05, 3.63) is 21.9 Å². The van der Waals surface area contributed by atoms with E-state index in [0.717, 1.165) is 29.0 Å². The largest absolute Gasteiger partial charge is 0.373 e. The molecule has 2 fully saturated rings. The molecule has 0 bridgehead atoms. The summed E-state index contributed by atoms with van der Waals surface area (Å²) in [5.41, 5.74) is 0. The van der Waals surface area contributed by atoms with E-state index in [1.807, 2.05) is 19.1 Å². The molecule has 0 aromatic carbocycles. The highest BCUT2D eigenvalue weighted by Gasteiger charge is 2.34. The monoisotopic (exact) mass is 281 g/mol. The molecule has 1 amide bonds. The van der Waals surface area contributed by atoms with Crippen LogP contribution in [0.4, 0.5) is 0 Å². The summed E-state index contributed by atoms with van der Waals surface area (Å²) in [6.45, 7) is 3.39. The van der Waals surface area contributed by atoms with Crippen molar-refractivity contribution in [1.29, 1.82) is 0 Å². The molecule has 19 heavy (non-hydrogen) atoms. The Morgan fingerprint density at radius 3 is 2.79 bits per heavy atom. The number of carbonyl (C=O) groups excluding carboxylic acids is 1. The summed E-state index contributed by atoms with van der Waals surface area (Å²) in [5, 5.41) is 3.12. The molecule has 1 saturated carbocycles. The minimum atomic E-state index is 0.0401. The minimum absolute atomic E-state index is 0.0401. The molecular formula is C14H19NO3S. The molecule has 1 aromatic heterocycles. The topological polar surface area (TPSA) is 47.6 Å². The van der Waals surface area contributed by atoms with Crippen LogP contribution in [-0.2, 0) is 9.47 Å². The first-order chi connectivity index (χ1) is 9.22. The molecule has 2 aliphatic rings. The number of rotatable bonds is 2. The highest BCUT2D eigenvalue weighted by molar-refractivity contribution is 7.13. The van der Waals surface area contributed by atoms with Crippen molar-refractivity contribution in [2.45, 2.75) is 44.4 Å². The molecule has 1 aliphatic heterocycles. The lowest BCUT2D eigenvalue weighted by molar-refractivity contribution is -0.157. The number of aryl methyl sites for hydroxylation is 1. The zero-order chi connectivity index (χ0) is 13.2.